The number of pyridine rings is 1. The number of amides is 1. The summed E-state index contributed by atoms with van der Waals surface area (Å²) >= 11 is 5.86. The second kappa shape index (κ2) is 8.11. The van der Waals surface area contributed by atoms with Crippen LogP contribution in [0, 0.1) is 5.92 Å². The number of piperidine rings is 1. The van der Waals surface area contributed by atoms with Gasteiger partial charge < -0.3 is 10.1 Å². The van der Waals surface area contributed by atoms with Crippen molar-refractivity contribution in [1.82, 2.24) is 9.29 Å². The number of hydrogen-bond donors (Lipinski definition) is 1. The van der Waals surface area contributed by atoms with Gasteiger partial charge in [0.2, 0.25) is 10.0 Å². The number of nitrogens with one attached hydrogen (secondary N) is 1. The van der Waals surface area contributed by atoms with E-state index in [0.717, 1.165) is 6.26 Å². The van der Waals surface area contributed by atoms with Crippen molar-refractivity contribution >= 4 is 39.2 Å². The van der Waals surface area contributed by atoms with Crippen LogP contribution >= 0.6 is 11.6 Å². The van der Waals surface area contributed by atoms with Gasteiger partial charge in [-0.3, -0.25) is 9.59 Å². The van der Waals surface area contributed by atoms with E-state index in [0.29, 0.717) is 18.5 Å². The molecule has 0 bridgehead atoms. The molecule has 2 heterocycles. The minimum absolute atomic E-state index is 0.141. The summed E-state index contributed by atoms with van der Waals surface area (Å²) < 4.78 is 29.5. The first-order chi connectivity index (χ1) is 11.7. The number of carbonyl (C=O) groups is 2. The molecule has 8 nitrogen and oxygen atoms in total. The third kappa shape index (κ3) is 5.38. The van der Waals surface area contributed by atoms with Gasteiger partial charge in [0.05, 0.1) is 17.9 Å². The Labute approximate surface area is 151 Å². The molecule has 1 aromatic heterocycles. The summed E-state index contributed by atoms with van der Waals surface area (Å²) in [4.78, 5) is 28.1. The van der Waals surface area contributed by atoms with Crippen molar-refractivity contribution in [3.63, 3.8) is 0 Å². The highest BCUT2D eigenvalue weighted by molar-refractivity contribution is 7.88. The van der Waals surface area contributed by atoms with E-state index in [4.69, 9.17) is 16.3 Å². The fourth-order valence-electron chi connectivity index (χ4n) is 2.46. The number of sulfonamides is 1. The largest absolute Gasteiger partial charge is 0.452 e. The van der Waals surface area contributed by atoms with Crippen LogP contribution in [0.3, 0.4) is 0 Å². The average Bonchev–Trinajstić information content (AvgIpc) is 2.56. The van der Waals surface area contributed by atoms with Crippen molar-refractivity contribution < 1.29 is 22.7 Å². The Morgan fingerprint density at radius 1 is 1.40 bits per heavy atom. The molecule has 1 unspecified atom stereocenters. The van der Waals surface area contributed by atoms with E-state index in [1.807, 2.05) is 0 Å². The number of halogens is 1. The molecule has 0 aromatic carbocycles. The van der Waals surface area contributed by atoms with E-state index in [2.05, 4.69) is 10.3 Å². The molecule has 1 saturated heterocycles. The van der Waals surface area contributed by atoms with E-state index >= 15 is 0 Å². The van der Waals surface area contributed by atoms with Gasteiger partial charge in [0.1, 0.15) is 0 Å². The topological polar surface area (TPSA) is 106 Å². The number of ether oxygens (including phenoxy) is 1. The molecule has 1 aromatic rings. The normalized spacial score (nSPS) is 17.7. The Bertz CT molecular complexity index is 747. The predicted octanol–water partition coefficient (Wildman–Crippen LogP) is 1.28. The van der Waals surface area contributed by atoms with Gasteiger partial charge in [-0.05, 0) is 31.9 Å². The van der Waals surface area contributed by atoms with Crippen LogP contribution in [-0.2, 0) is 24.3 Å². The van der Waals surface area contributed by atoms with Crippen LogP contribution in [-0.4, -0.2) is 55.0 Å². The Balaban J connectivity index is 1.86. The minimum atomic E-state index is -3.25. The maximum Gasteiger partial charge on any atom is 0.309 e. The molecule has 0 saturated carbocycles. The first kappa shape index (κ1) is 19.6. The van der Waals surface area contributed by atoms with E-state index in [-0.39, 0.29) is 18.2 Å². The Morgan fingerprint density at radius 2 is 2.04 bits per heavy atom. The number of esters is 1. The summed E-state index contributed by atoms with van der Waals surface area (Å²) in [5, 5.41) is 2.69. The van der Waals surface area contributed by atoms with E-state index in [9.17, 15) is 18.0 Å². The molecule has 2 rings (SSSR count). The van der Waals surface area contributed by atoms with Crippen LogP contribution in [0.1, 0.15) is 19.8 Å². The molecule has 0 aliphatic carbocycles. The zero-order valence-electron chi connectivity index (χ0n) is 13.9. The highest BCUT2D eigenvalue weighted by atomic mass is 35.5. The van der Waals surface area contributed by atoms with Crippen molar-refractivity contribution in [2.75, 3.05) is 24.7 Å². The van der Waals surface area contributed by atoms with Crippen LogP contribution in [0.15, 0.2) is 18.3 Å². The molecule has 0 spiro atoms. The smallest absolute Gasteiger partial charge is 0.309 e. The zero-order chi connectivity index (χ0) is 18.6. The van der Waals surface area contributed by atoms with Crippen LogP contribution in [0.5, 0.6) is 0 Å². The summed E-state index contributed by atoms with van der Waals surface area (Å²) in [6, 6.07) is 3.20. The van der Waals surface area contributed by atoms with Gasteiger partial charge in [-0.25, -0.2) is 17.7 Å². The van der Waals surface area contributed by atoms with Crippen LogP contribution in [0.4, 0.5) is 5.69 Å². The van der Waals surface area contributed by atoms with Crippen LogP contribution in [0.25, 0.3) is 0 Å². The molecular weight excluding hydrogens is 370 g/mol. The lowest BCUT2D eigenvalue weighted by atomic mass is 9.98. The van der Waals surface area contributed by atoms with Gasteiger partial charge in [-0.15, -0.1) is 0 Å². The van der Waals surface area contributed by atoms with Crippen molar-refractivity contribution in [1.29, 1.82) is 0 Å². The third-order valence-corrected chi connectivity index (χ3v) is 5.54. The molecule has 1 N–H and O–H groups in total. The van der Waals surface area contributed by atoms with Gasteiger partial charge in [0, 0.05) is 19.3 Å². The molecule has 0 radical (unpaired) electrons. The number of aromatic nitrogens is 1. The van der Waals surface area contributed by atoms with Gasteiger partial charge >= 0.3 is 5.97 Å². The zero-order valence-corrected chi connectivity index (χ0v) is 15.5. The number of rotatable bonds is 5. The molecule has 10 heteroatoms. The first-order valence-electron chi connectivity index (χ1n) is 7.75. The van der Waals surface area contributed by atoms with Gasteiger partial charge in [0.15, 0.2) is 11.3 Å². The lowest BCUT2D eigenvalue weighted by Gasteiger charge is -2.29. The van der Waals surface area contributed by atoms with E-state index in [1.165, 1.54) is 17.4 Å². The number of carbonyl (C=O) groups excluding carboxylic acids is 2. The van der Waals surface area contributed by atoms with Crippen molar-refractivity contribution in [2.24, 2.45) is 5.92 Å². The molecule has 1 atom stereocenters. The molecule has 1 fully saturated rings. The highest BCUT2D eigenvalue weighted by Crippen LogP contribution is 2.22. The fraction of sp³-hybridized carbons (Fsp3) is 0.533. The lowest BCUT2D eigenvalue weighted by molar-refractivity contribution is -0.158. The summed E-state index contributed by atoms with van der Waals surface area (Å²) in [6.45, 7) is 2.00. The van der Waals surface area contributed by atoms with E-state index < -0.39 is 33.9 Å². The Morgan fingerprint density at radius 3 is 2.60 bits per heavy atom. The summed E-state index contributed by atoms with van der Waals surface area (Å²) in [5.41, 5.74) is 0.332. The molecule has 1 aliphatic rings. The minimum Gasteiger partial charge on any atom is -0.452 e. The number of hydrogen-bond acceptors (Lipinski definition) is 6. The Kier molecular flexibility index (Phi) is 6.36. The first-order valence-corrected chi connectivity index (χ1v) is 9.98. The van der Waals surface area contributed by atoms with Crippen molar-refractivity contribution in [3.05, 3.63) is 23.5 Å². The maximum atomic E-state index is 12.2. The van der Waals surface area contributed by atoms with Gasteiger partial charge in [-0.1, -0.05) is 11.6 Å². The Hall–Kier alpha value is -1.71. The summed E-state index contributed by atoms with van der Waals surface area (Å²) in [6.07, 6.45) is 2.37. The van der Waals surface area contributed by atoms with Gasteiger partial charge in [0.25, 0.3) is 5.91 Å². The lowest BCUT2D eigenvalue weighted by Crippen LogP contribution is -2.41. The second-order valence-electron chi connectivity index (χ2n) is 5.85. The third-order valence-electron chi connectivity index (χ3n) is 3.94. The average molecular weight is 390 g/mol. The summed E-state index contributed by atoms with van der Waals surface area (Å²) in [5.74, 6) is -1.44. The van der Waals surface area contributed by atoms with Gasteiger partial charge in [-0.2, -0.15) is 0 Å². The monoisotopic (exact) mass is 389 g/mol. The standard InChI is InChI=1S/C15H20ClN3O5S/c1-10(14(20)18-12-4-3-7-17-13(12)16)24-15(21)11-5-8-19(9-6-11)25(2,22)23/h3-4,7,10-11H,5-6,8-9H2,1-2H3,(H,18,20). The van der Waals surface area contributed by atoms with Crippen molar-refractivity contribution in [3.8, 4) is 0 Å². The SMILES string of the molecule is CC(OC(=O)C1CCN(S(C)(=O)=O)CC1)C(=O)Nc1cccnc1Cl. The molecule has 138 valence electrons. The number of nitrogens with zero attached hydrogens (tertiary/aromatic N) is 2. The molecule has 25 heavy (non-hydrogen) atoms. The molecule has 1 aliphatic heterocycles. The highest BCUT2D eigenvalue weighted by Gasteiger charge is 2.31. The predicted molar refractivity (Wildman–Crippen MR) is 92.6 cm³/mol. The quantitative estimate of drug-likeness (QED) is 0.600. The summed E-state index contributed by atoms with van der Waals surface area (Å²) in [7, 11) is -3.25. The number of anilines is 1. The second-order valence-corrected chi connectivity index (χ2v) is 8.19. The van der Waals surface area contributed by atoms with Crippen LogP contribution in [0.2, 0.25) is 5.15 Å². The van der Waals surface area contributed by atoms with Crippen LogP contribution < -0.4 is 5.32 Å². The molecule has 1 amide bonds. The molecular formula is C15H20ClN3O5S. The fourth-order valence-corrected chi connectivity index (χ4v) is 3.50. The maximum absolute atomic E-state index is 12.2. The van der Waals surface area contributed by atoms with Crippen molar-refractivity contribution in [2.45, 2.75) is 25.9 Å². The van der Waals surface area contributed by atoms with E-state index in [1.54, 1.807) is 12.1 Å².